The lowest BCUT2D eigenvalue weighted by molar-refractivity contribution is -0.144. The number of benzene rings is 1. The van der Waals surface area contributed by atoms with Crippen LogP contribution < -0.4 is 10.3 Å². The van der Waals surface area contributed by atoms with E-state index in [1.54, 1.807) is 4.90 Å². The number of nitrogens with one attached hydrogen (secondary N) is 1. The summed E-state index contributed by atoms with van der Waals surface area (Å²) >= 11 is 0. The van der Waals surface area contributed by atoms with Gasteiger partial charge < -0.3 is 9.64 Å². The van der Waals surface area contributed by atoms with Crippen LogP contribution in [0.3, 0.4) is 0 Å². The van der Waals surface area contributed by atoms with Gasteiger partial charge in [-0.2, -0.15) is 0 Å². The molecule has 0 spiro atoms. The molecule has 1 aromatic rings. The van der Waals surface area contributed by atoms with Crippen molar-refractivity contribution in [3.05, 3.63) is 29.8 Å². The van der Waals surface area contributed by atoms with Gasteiger partial charge in [-0.05, 0) is 19.1 Å². The Balaban J connectivity index is 1.80. The number of aryl methyl sites for hydroxylation is 1. The number of hydrazone groups is 1. The molecule has 1 aromatic carbocycles. The number of guanidine groups is 1. The number of amides is 1. The Kier molecular flexibility index (Phi) is 3.70. The molecule has 1 atom stereocenters. The third-order valence-corrected chi connectivity index (χ3v) is 3.86. The second-order valence-corrected chi connectivity index (χ2v) is 5.35. The van der Waals surface area contributed by atoms with Crippen molar-refractivity contribution in [2.75, 3.05) is 25.1 Å². The van der Waals surface area contributed by atoms with Crippen molar-refractivity contribution in [2.24, 2.45) is 5.10 Å². The Bertz CT molecular complexity index is 626. The number of anilines is 1. The van der Waals surface area contributed by atoms with E-state index in [1.165, 1.54) is 12.7 Å². The van der Waals surface area contributed by atoms with Gasteiger partial charge in [-0.15, -0.1) is 5.10 Å². The molecular weight excluding hydrogens is 284 g/mol. The lowest BCUT2D eigenvalue weighted by Crippen LogP contribution is -2.53. The van der Waals surface area contributed by atoms with E-state index in [0.717, 1.165) is 5.69 Å². The summed E-state index contributed by atoms with van der Waals surface area (Å²) in [5.41, 5.74) is 4.94. The van der Waals surface area contributed by atoms with Crippen molar-refractivity contribution in [1.82, 2.24) is 10.3 Å². The van der Waals surface area contributed by atoms with Crippen LogP contribution in [0.2, 0.25) is 0 Å². The summed E-state index contributed by atoms with van der Waals surface area (Å²) in [4.78, 5) is 27.4. The summed E-state index contributed by atoms with van der Waals surface area (Å²) in [6, 6.07) is 7.40. The fraction of sp³-hybridized carbons (Fsp3) is 0.400. The number of hydrogen-bond donors (Lipinski definition) is 1. The third kappa shape index (κ3) is 2.49. The first kappa shape index (κ1) is 14.4. The largest absolute Gasteiger partial charge is 0.469 e. The number of hydrogen-bond acceptors (Lipinski definition) is 6. The summed E-state index contributed by atoms with van der Waals surface area (Å²) in [6.45, 7) is 3.27. The molecule has 3 rings (SSSR count). The molecule has 2 aliphatic rings. The number of fused-ring (bicyclic) bond motifs is 1. The minimum absolute atomic E-state index is 0.0207. The highest BCUT2D eigenvalue weighted by Crippen LogP contribution is 2.23. The van der Waals surface area contributed by atoms with Crippen molar-refractivity contribution in [2.45, 2.75) is 19.4 Å². The van der Waals surface area contributed by atoms with Crippen LogP contribution >= 0.6 is 0 Å². The highest BCUT2D eigenvalue weighted by Gasteiger charge is 2.39. The Morgan fingerprint density at radius 2 is 2.00 bits per heavy atom. The summed E-state index contributed by atoms with van der Waals surface area (Å²) in [7, 11) is 1.30. The average molecular weight is 302 g/mol. The Labute approximate surface area is 128 Å². The Morgan fingerprint density at radius 1 is 1.32 bits per heavy atom. The predicted molar refractivity (Wildman–Crippen MR) is 81.2 cm³/mol. The number of nitrogens with zero attached hydrogens (tertiary/aromatic N) is 3. The topological polar surface area (TPSA) is 74.2 Å². The zero-order valence-electron chi connectivity index (χ0n) is 12.6. The van der Waals surface area contributed by atoms with E-state index in [1.807, 2.05) is 36.1 Å². The van der Waals surface area contributed by atoms with Gasteiger partial charge in [-0.1, -0.05) is 17.7 Å². The molecular formula is C15H18N4O3. The molecule has 0 saturated carbocycles. The zero-order chi connectivity index (χ0) is 15.7. The maximum Gasteiger partial charge on any atom is 0.308 e. The molecule has 0 aliphatic carbocycles. The van der Waals surface area contributed by atoms with Crippen molar-refractivity contribution in [3.8, 4) is 0 Å². The van der Waals surface area contributed by atoms with E-state index in [9.17, 15) is 9.59 Å². The highest BCUT2D eigenvalue weighted by atomic mass is 16.5. The predicted octanol–water partition coefficient (Wildman–Crippen LogP) is 0.450. The molecule has 116 valence electrons. The van der Waals surface area contributed by atoms with E-state index in [4.69, 9.17) is 0 Å². The number of rotatable bonds is 3. The standard InChI is InChI=1S/C15H18N4O3/c1-10-3-5-11(6-4-10)18-7-8-19-14(21)12(9-13(20)22-2)16-17-15(18)19/h3-6,12,16H,7-9H2,1-2H3. The van der Waals surface area contributed by atoms with Crippen LogP contribution in [-0.2, 0) is 14.3 Å². The minimum atomic E-state index is -0.658. The average Bonchev–Trinajstić information content (AvgIpc) is 2.95. The van der Waals surface area contributed by atoms with Crippen LogP contribution in [0.1, 0.15) is 12.0 Å². The Hall–Kier alpha value is -2.57. The summed E-state index contributed by atoms with van der Waals surface area (Å²) < 4.78 is 4.61. The second kappa shape index (κ2) is 5.67. The second-order valence-electron chi connectivity index (χ2n) is 5.35. The minimum Gasteiger partial charge on any atom is -0.469 e. The lowest BCUT2D eigenvalue weighted by atomic mass is 10.2. The molecule has 2 aliphatic heterocycles. The van der Waals surface area contributed by atoms with Crippen LogP contribution in [0.4, 0.5) is 5.69 Å². The smallest absolute Gasteiger partial charge is 0.308 e. The van der Waals surface area contributed by atoms with Gasteiger partial charge in [0.1, 0.15) is 6.04 Å². The molecule has 1 fully saturated rings. The SMILES string of the molecule is COC(=O)CC1NN=C2N(CCN2c2ccc(C)cc2)C1=O. The van der Waals surface area contributed by atoms with Crippen LogP contribution in [0.25, 0.3) is 0 Å². The van der Waals surface area contributed by atoms with E-state index in [-0.39, 0.29) is 12.3 Å². The molecule has 1 amide bonds. The van der Waals surface area contributed by atoms with Gasteiger partial charge in [0, 0.05) is 18.8 Å². The molecule has 1 N–H and O–H groups in total. The molecule has 7 nitrogen and oxygen atoms in total. The summed E-state index contributed by atoms with van der Waals surface area (Å²) in [5.74, 6) is -0.000863. The summed E-state index contributed by atoms with van der Waals surface area (Å²) in [5, 5.41) is 4.28. The van der Waals surface area contributed by atoms with Gasteiger partial charge in [0.05, 0.1) is 13.5 Å². The van der Waals surface area contributed by atoms with Gasteiger partial charge in [0.2, 0.25) is 5.96 Å². The summed E-state index contributed by atoms with van der Waals surface area (Å²) in [6.07, 6.45) is -0.0207. The van der Waals surface area contributed by atoms with E-state index < -0.39 is 12.0 Å². The first-order valence-corrected chi connectivity index (χ1v) is 7.16. The first-order valence-electron chi connectivity index (χ1n) is 7.16. The monoisotopic (exact) mass is 302 g/mol. The molecule has 2 heterocycles. The van der Waals surface area contributed by atoms with Gasteiger partial charge in [0.25, 0.3) is 5.91 Å². The van der Waals surface area contributed by atoms with Crippen molar-refractivity contribution >= 4 is 23.5 Å². The molecule has 0 aromatic heterocycles. The Morgan fingerprint density at radius 3 is 2.68 bits per heavy atom. The maximum absolute atomic E-state index is 12.4. The van der Waals surface area contributed by atoms with Gasteiger partial charge in [0.15, 0.2) is 0 Å². The number of esters is 1. The van der Waals surface area contributed by atoms with Crippen LogP contribution in [-0.4, -0.2) is 49.0 Å². The van der Waals surface area contributed by atoms with Crippen molar-refractivity contribution < 1.29 is 14.3 Å². The van der Waals surface area contributed by atoms with Gasteiger partial charge >= 0.3 is 5.97 Å². The van der Waals surface area contributed by atoms with Crippen LogP contribution in [0.5, 0.6) is 0 Å². The van der Waals surface area contributed by atoms with E-state index >= 15 is 0 Å². The van der Waals surface area contributed by atoms with Crippen molar-refractivity contribution in [1.29, 1.82) is 0 Å². The van der Waals surface area contributed by atoms with Crippen molar-refractivity contribution in [3.63, 3.8) is 0 Å². The highest BCUT2D eigenvalue weighted by molar-refractivity contribution is 6.10. The molecule has 1 saturated heterocycles. The first-order chi connectivity index (χ1) is 10.6. The van der Waals surface area contributed by atoms with Crippen LogP contribution in [0.15, 0.2) is 29.4 Å². The molecule has 22 heavy (non-hydrogen) atoms. The normalized spacial score (nSPS) is 20.4. The quantitative estimate of drug-likeness (QED) is 0.821. The maximum atomic E-state index is 12.4. The number of methoxy groups -OCH3 is 1. The molecule has 0 bridgehead atoms. The van der Waals surface area contributed by atoms with Gasteiger partial charge in [-0.25, -0.2) is 0 Å². The fourth-order valence-electron chi connectivity index (χ4n) is 2.61. The number of carbonyl (C=O) groups excluding carboxylic acids is 2. The number of carbonyl (C=O) groups is 2. The fourth-order valence-corrected chi connectivity index (χ4v) is 2.61. The van der Waals surface area contributed by atoms with Crippen LogP contribution in [0, 0.1) is 6.92 Å². The third-order valence-electron chi connectivity index (χ3n) is 3.86. The molecule has 1 unspecified atom stereocenters. The van der Waals surface area contributed by atoms with E-state index in [0.29, 0.717) is 19.0 Å². The van der Waals surface area contributed by atoms with E-state index in [2.05, 4.69) is 15.3 Å². The van der Waals surface area contributed by atoms with Gasteiger partial charge in [-0.3, -0.25) is 19.9 Å². The molecule has 0 radical (unpaired) electrons. The lowest BCUT2D eigenvalue weighted by Gasteiger charge is -2.29. The zero-order valence-corrected chi connectivity index (χ0v) is 12.6. The number of ether oxygens (including phenoxy) is 1. The molecule has 7 heteroatoms.